The van der Waals surface area contributed by atoms with Gasteiger partial charge in [-0.15, -0.1) is 0 Å². The molecule has 0 aromatic rings. The van der Waals surface area contributed by atoms with E-state index < -0.39 is 6.10 Å². The minimum Gasteiger partial charge on any atom is -0.462 e. The number of ether oxygens (including phenoxy) is 3. The van der Waals surface area contributed by atoms with Crippen molar-refractivity contribution < 1.29 is 28.6 Å². The maximum Gasteiger partial charge on any atom is 0.306 e. The van der Waals surface area contributed by atoms with Crippen LogP contribution >= 0.6 is 0 Å². The molecule has 0 bridgehead atoms. The smallest absolute Gasteiger partial charge is 0.306 e. The van der Waals surface area contributed by atoms with Gasteiger partial charge in [0.2, 0.25) is 0 Å². The molecule has 0 aliphatic carbocycles. The van der Waals surface area contributed by atoms with Crippen molar-refractivity contribution in [1.29, 1.82) is 0 Å². The second-order valence-electron chi connectivity index (χ2n) is 23.4. The largest absolute Gasteiger partial charge is 0.462 e. The second-order valence-corrected chi connectivity index (χ2v) is 23.4. The summed E-state index contributed by atoms with van der Waals surface area (Å²) in [5.41, 5.74) is 0. The molecule has 0 amide bonds. The highest BCUT2D eigenvalue weighted by Gasteiger charge is 2.19. The average molecular weight is 1090 g/mol. The predicted molar refractivity (Wildman–Crippen MR) is 339 cm³/mol. The monoisotopic (exact) mass is 1090 g/mol. The Kier molecular flexibility index (Phi) is 64.6. The van der Waals surface area contributed by atoms with Crippen LogP contribution in [0.2, 0.25) is 0 Å². The van der Waals surface area contributed by atoms with Gasteiger partial charge in [-0.1, -0.05) is 345 Å². The van der Waals surface area contributed by atoms with E-state index in [0.29, 0.717) is 19.3 Å². The average Bonchev–Trinajstić information content (AvgIpc) is 3.44. The van der Waals surface area contributed by atoms with Gasteiger partial charge in [-0.05, 0) is 57.8 Å². The van der Waals surface area contributed by atoms with Gasteiger partial charge in [0.15, 0.2) is 6.10 Å². The number of hydrogen-bond acceptors (Lipinski definition) is 6. The third-order valence-corrected chi connectivity index (χ3v) is 15.6. The predicted octanol–water partition coefficient (Wildman–Crippen LogP) is 23.7. The van der Waals surface area contributed by atoms with Crippen LogP contribution in [0.15, 0.2) is 48.6 Å². The van der Waals surface area contributed by atoms with Gasteiger partial charge in [-0.25, -0.2) is 0 Å². The summed E-state index contributed by atoms with van der Waals surface area (Å²) in [6.45, 7) is 6.58. The van der Waals surface area contributed by atoms with Crippen LogP contribution in [-0.2, 0) is 28.6 Å². The Labute approximate surface area is 486 Å². The molecule has 0 saturated carbocycles. The highest BCUT2D eigenvalue weighted by atomic mass is 16.6. The Hall–Kier alpha value is -2.63. The van der Waals surface area contributed by atoms with Gasteiger partial charge in [0.05, 0.1) is 0 Å². The first-order valence-electron chi connectivity index (χ1n) is 34.6. The van der Waals surface area contributed by atoms with E-state index >= 15 is 0 Å². The second kappa shape index (κ2) is 66.9. The molecule has 0 rings (SSSR count). The van der Waals surface area contributed by atoms with Crippen LogP contribution in [0.4, 0.5) is 0 Å². The minimum atomic E-state index is -0.765. The molecule has 1 unspecified atom stereocenters. The fraction of sp³-hybridized carbons (Fsp3) is 0.847. The van der Waals surface area contributed by atoms with Crippen molar-refractivity contribution in [1.82, 2.24) is 0 Å². The third kappa shape index (κ3) is 64.2. The number of carbonyl (C=O) groups excluding carboxylic acids is 3. The minimum absolute atomic E-state index is 0.0645. The number of allylic oxidation sites excluding steroid dienone is 8. The van der Waals surface area contributed by atoms with Crippen molar-refractivity contribution in [3.05, 3.63) is 48.6 Å². The lowest BCUT2D eigenvalue weighted by molar-refractivity contribution is -0.167. The van der Waals surface area contributed by atoms with Crippen molar-refractivity contribution >= 4 is 17.9 Å². The lowest BCUT2D eigenvalue weighted by atomic mass is 10.0. The first-order valence-corrected chi connectivity index (χ1v) is 34.6. The summed E-state index contributed by atoms with van der Waals surface area (Å²) in [7, 11) is 0. The molecule has 0 heterocycles. The SMILES string of the molecule is CC/C=C\C/C=C\C/C=C\C/C=C\CCCCCCCCCCCCCCCCCCCCCCCCC(=O)OCC(COC(=O)CCCCCCCCCCCCC)OC(=O)CCCCCCCCCCCCCCCC. The van der Waals surface area contributed by atoms with Crippen molar-refractivity contribution in [2.24, 2.45) is 0 Å². The van der Waals surface area contributed by atoms with E-state index in [1.165, 1.54) is 250 Å². The van der Waals surface area contributed by atoms with Gasteiger partial charge in [-0.2, -0.15) is 0 Å². The molecule has 6 heteroatoms. The van der Waals surface area contributed by atoms with Crippen LogP contribution in [0.1, 0.15) is 374 Å². The number of unbranched alkanes of at least 4 members (excludes halogenated alkanes) is 45. The van der Waals surface area contributed by atoms with Crippen LogP contribution in [0.5, 0.6) is 0 Å². The van der Waals surface area contributed by atoms with Crippen LogP contribution in [0, 0.1) is 0 Å². The summed E-state index contributed by atoms with van der Waals surface area (Å²) >= 11 is 0. The molecule has 78 heavy (non-hydrogen) atoms. The molecule has 0 fully saturated rings. The molecule has 6 nitrogen and oxygen atoms in total. The Morgan fingerprint density at radius 2 is 0.500 bits per heavy atom. The Bertz CT molecular complexity index is 1350. The molecule has 0 aromatic carbocycles. The Morgan fingerprint density at radius 1 is 0.269 bits per heavy atom. The molecule has 0 saturated heterocycles. The van der Waals surface area contributed by atoms with Gasteiger partial charge < -0.3 is 14.2 Å². The lowest BCUT2D eigenvalue weighted by Crippen LogP contribution is -2.30. The summed E-state index contributed by atoms with van der Waals surface area (Å²) in [6.07, 6.45) is 84.4. The van der Waals surface area contributed by atoms with Crippen LogP contribution < -0.4 is 0 Å². The quantitative estimate of drug-likeness (QED) is 0.0261. The Morgan fingerprint density at radius 3 is 0.782 bits per heavy atom. The zero-order valence-corrected chi connectivity index (χ0v) is 52.5. The van der Waals surface area contributed by atoms with E-state index in [2.05, 4.69) is 69.4 Å². The van der Waals surface area contributed by atoms with Crippen molar-refractivity contribution in [3.8, 4) is 0 Å². The zero-order chi connectivity index (χ0) is 56.4. The molecule has 0 aromatic heterocycles. The Balaban J connectivity index is 4.00. The van der Waals surface area contributed by atoms with Gasteiger partial charge >= 0.3 is 17.9 Å². The van der Waals surface area contributed by atoms with E-state index in [9.17, 15) is 14.4 Å². The van der Waals surface area contributed by atoms with Gasteiger partial charge in [0.25, 0.3) is 0 Å². The molecule has 0 radical (unpaired) electrons. The van der Waals surface area contributed by atoms with Gasteiger partial charge in [0, 0.05) is 19.3 Å². The van der Waals surface area contributed by atoms with Crippen LogP contribution in [0.25, 0.3) is 0 Å². The van der Waals surface area contributed by atoms with Gasteiger partial charge in [-0.3, -0.25) is 14.4 Å². The molecular formula is C72H132O6. The third-order valence-electron chi connectivity index (χ3n) is 15.6. The number of carbonyl (C=O) groups is 3. The van der Waals surface area contributed by atoms with E-state index in [4.69, 9.17) is 14.2 Å². The molecule has 1 atom stereocenters. The van der Waals surface area contributed by atoms with Crippen LogP contribution in [-0.4, -0.2) is 37.2 Å². The fourth-order valence-corrected chi connectivity index (χ4v) is 10.4. The zero-order valence-electron chi connectivity index (χ0n) is 52.5. The molecule has 0 N–H and O–H groups in total. The van der Waals surface area contributed by atoms with E-state index in [0.717, 1.165) is 83.5 Å². The van der Waals surface area contributed by atoms with E-state index in [1.54, 1.807) is 0 Å². The summed E-state index contributed by atoms with van der Waals surface area (Å²) in [6, 6.07) is 0. The summed E-state index contributed by atoms with van der Waals surface area (Å²) in [5.74, 6) is -0.838. The normalized spacial score (nSPS) is 12.3. The van der Waals surface area contributed by atoms with Gasteiger partial charge in [0.1, 0.15) is 13.2 Å². The summed E-state index contributed by atoms with van der Waals surface area (Å²) in [4.78, 5) is 38.2. The highest BCUT2D eigenvalue weighted by molar-refractivity contribution is 5.71. The summed E-state index contributed by atoms with van der Waals surface area (Å²) < 4.78 is 16.9. The molecule has 0 spiro atoms. The number of hydrogen-bond donors (Lipinski definition) is 0. The molecule has 0 aliphatic rings. The van der Waals surface area contributed by atoms with Crippen molar-refractivity contribution in [2.45, 2.75) is 380 Å². The highest BCUT2D eigenvalue weighted by Crippen LogP contribution is 2.18. The molecule has 0 aliphatic heterocycles. The number of rotatable bonds is 64. The topological polar surface area (TPSA) is 78.9 Å². The first-order chi connectivity index (χ1) is 38.5. The van der Waals surface area contributed by atoms with Crippen molar-refractivity contribution in [2.75, 3.05) is 13.2 Å². The standard InChI is InChI=1S/C72H132O6/c1-4-7-10-13-16-19-22-24-26-27-28-29-30-31-32-33-34-35-36-37-38-39-40-41-42-43-44-45-46-48-50-53-56-59-62-65-71(74)77-68-69(67-76-70(73)64-61-58-55-52-49-21-18-15-12-9-6-3)78-72(75)66-63-60-57-54-51-47-25-23-20-17-14-11-8-5-2/h7,10,16,19,24,26,28-29,69H,4-6,8-9,11-15,17-18,20-23,25,27,30-68H2,1-3H3/b10-7-,19-16-,26-24-,29-28-. The molecular weight excluding hydrogens is 961 g/mol. The van der Waals surface area contributed by atoms with E-state index in [1.807, 2.05) is 0 Å². The maximum absolute atomic E-state index is 12.9. The van der Waals surface area contributed by atoms with Crippen molar-refractivity contribution in [3.63, 3.8) is 0 Å². The summed E-state index contributed by atoms with van der Waals surface area (Å²) in [5, 5.41) is 0. The van der Waals surface area contributed by atoms with Crippen LogP contribution in [0.3, 0.4) is 0 Å². The lowest BCUT2D eigenvalue weighted by Gasteiger charge is -2.18. The number of esters is 3. The molecule has 456 valence electrons. The first kappa shape index (κ1) is 75.4. The fourth-order valence-electron chi connectivity index (χ4n) is 10.4. The maximum atomic E-state index is 12.9. The van der Waals surface area contributed by atoms with E-state index in [-0.39, 0.29) is 31.1 Å².